The summed E-state index contributed by atoms with van der Waals surface area (Å²) in [5.41, 5.74) is -1.14. The quantitative estimate of drug-likeness (QED) is 0.475. The van der Waals surface area contributed by atoms with Crippen molar-refractivity contribution < 1.29 is 22.4 Å². The third kappa shape index (κ3) is 4.19. The lowest BCUT2D eigenvalue weighted by molar-refractivity contribution is -0.143. The highest BCUT2D eigenvalue weighted by Gasteiger charge is 2.42. The van der Waals surface area contributed by atoms with Gasteiger partial charge in [0, 0.05) is 0 Å². The highest BCUT2D eigenvalue weighted by molar-refractivity contribution is 5.93. The van der Waals surface area contributed by atoms with Crippen molar-refractivity contribution in [2.45, 2.75) is 19.1 Å². The van der Waals surface area contributed by atoms with Crippen LogP contribution in [0.3, 0.4) is 0 Å². The van der Waals surface area contributed by atoms with E-state index in [9.17, 15) is 22.4 Å². The first-order valence-corrected chi connectivity index (χ1v) is 9.28. The third-order valence-corrected chi connectivity index (χ3v) is 4.63. The number of hydrogen-bond donors (Lipinski definition) is 1. The minimum Gasteiger partial charge on any atom is -0.344 e. The van der Waals surface area contributed by atoms with Crippen LogP contribution in [0.2, 0.25) is 0 Å². The molecule has 0 saturated heterocycles. The Hall–Kier alpha value is -4.09. The zero-order chi connectivity index (χ0) is 22.9. The van der Waals surface area contributed by atoms with Crippen LogP contribution in [0.25, 0.3) is 11.4 Å². The van der Waals surface area contributed by atoms with E-state index >= 15 is 0 Å². The molecule has 2 heterocycles. The number of amides is 1. The summed E-state index contributed by atoms with van der Waals surface area (Å²) in [4.78, 5) is 16.5. The molecule has 4 aromatic rings. The Morgan fingerprint density at radius 2 is 1.84 bits per heavy atom. The van der Waals surface area contributed by atoms with Gasteiger partial charge >= 0.3 is 6.18 Å². The fourth-order valence-electron chi connectivity index (χ4n) is 3.08. The number of halogens is 4. The fraction of sp³-hybridized carbons (Fsp3) is 0.150. The van der Waals surface area contributed by atoms with Crippen molar-refractivity contribution in [1.29, 1.82) is 0 Å². The number of hydrogen-bond acceptors (Lipinski definition) is 5. The average Bonchev–Trinajstić information content (AvgIpc) is 3.44. The van der Waals surface area contributed by atoms with Crippen molar-refractivity contribution in [2.75, 3.05) is 0 Å². The van der Waals surface area contributed by atoms with Crippen LogP contribution < -0.4 is 5.32 Å². The minimum absolute atomic E-state index is 0.208. The van der Waals surface area contributed by atoms with E-state index in [1.165, 1.54) is 29.5 Å². The summed E-state index contributed by atoms with van der Waals surface area (Å²) in [6.45, 7) is 1.62. The second kappa shape index (κ2) is 8.21. The third-order valence-electron chi connectivity index (χ3n) is 4.63. The molecule has 0 bridgehead atoms. The van der Waals surface area contributed by atoms with Crippen LogP contribution in [0.15, 0.2) is 61.2 Å². The normalized spacial score (nSPS) is 12.5. The van der Waals surface area contributed by atoms with Crippen molar-refractivity contribution in [2.24, 2.45) is 0 Å². The molecule has 0 aliphatic carbocycles. The van der Waals surface area contributed by atoms with Gasteiger partial charge in [-0.05, 0) is 42.8 Å². The highest BCUT2D eigenvalue weighted by atomic mass is 19.4. The maximum atomic E-state index is 13.7. The molecule has 164 valence electrons. The molecular weight excluding hydrogens is 430 g/mol. The predicted molar refractivity (Wildman–Crippen MR) is 104 cm³/mol. The van der Waals surface area contributed by atoms with E-state index in [1.807, 2.05) is 0 Å². The molecule has 2 aromatic heterocycles. The molecule has 1 unspecified atom stereocenters. The average molecular weight is 445 g/mol. The van der Waals surface area contributed by atoms with Gasteiger partial charge in [-0.1, -0.05) is 23.4 Å². The van der Waals surface area contributed by atoms with Gasteiger partial charge in [0.15, 0.2) is 11.4 Å². The van der Waals surface area contributed by atoms with Crippen molar-refractivity contribution in [1.82, 2.24) is 35.1 Å². The van der Waals surface area contributed by atoms with Crippen LogP contribution in [0.1, 0.15) is 34.7 Å². The molecular formula is C20H15F4N7O. The molecule has 1 amide bonds. The largest absolute Gasteiger partial charge is 0.435 e. The molecule has 1 N–H and O–H groups in total. The monoisotopic (exact) mass is 445 g/mol. The maximum Gasteiger partial charge on any atom is 0.435 e. The summed E-state index contributed by atoms with van der Waals surface area (Å²) in [6.07, 6.45) is -2.06. The summed E-state index contributed by atoms with van der Waals surface area (Å²) < 4.78 is 56.6. The standard InChI is InChI=1S/C20H15F4N7O/c1-12(13-5-7-15(8-6-13)30-11-25-10-26-30)27-19(32)17-18(20(22,23)24)31(29-28-17)16-4-2-3-14(21)9-16/h2-12H,1H3,(H,27,32). The summed E-state index contributed by atoms with van der Waals surface area (Å²) in [7, 11) is 0. The van der Waals surface area contributed by atoms with Gasteiger partial charge in [0.2, 0.25) is 0 Å². The summed E-state index contributed by atoms with van der Waals surface area (Å²) in [5, 5.41) is 13.4. The SMILES string of the molecule is CC(NC(=O)c1nnn(-c2cccc(F)c2)c1C(F)(F)F)c1ccc(-n2cncn2)cc1. The Morgan fingerprint density at radius 3 is 2.47 bits per heavy atom. The lowest BCUT2D eigenvalue weighted by Crippen LogP contribution is -2.29. The smallest absolute Gasteiger partial charge is 0.344 e. The number of benzene rings is 2. The van der Waals surface area contributed by atoms with Crippen LogP contribution in [0, 0.1) is 5.82 Å². The van der Waals surface area contributed by atoms with Crippen molar-refractivity contribution in [3.8, 4) is 11.4 Å². The number of alkyl halides is 3. The fourth-order valence-corrected chi connectivity index (χ4v) is 3.08. The van der Waals surface area contributed by atoms with E-state index in [2.05, 4.69) is 25.7 Å². The number of nitrogens with one attached hydrogen (secondary N) is 1. The van der Waals surface area contributed by atoms with Gasteiger partial charge in [0.1, 0.15) is 18.5 Å². The van der Waals surface area contributed by atoms with Gasteiger partial charge in [-0.3, -0.25) is 4.79 Å². The van der Waals surface area contributed by atoms with E-state index < -0.39 is 35.3 Å². The second-order valence-corrected chi connectivity index (χ2v) is 6.80. The molecule has 0 radical (unpaired) electrons. The van der Waals surface area contributed by atoms with Crippen molar-refractivity contribution in [3.05, 3.63) is 84.0 Å². The van der Waals surface area contributed by atoms with Gasteiger partial charge in [0.05, 0.1) is 17.4 Å². The number of aromatic nitrogens is 6. The van der Waals surface area contributed by atoms with Crippen LogP contribution in [0.5, 0.6) is 0 Å². The van der Waals surface area contributed by atoms with Crippen LogP contribution in [0.4, 0.5) is 17.6 Å². The molecule has 4 rings (SSSR count). The number of carbonyl (C=O) groups is 1. The zero-order valence-electron chi connectivity index (χ0n) is 16.5. The number of rotatable bonds is 5. The predicted octanol–water partition coefficient (Wildman–Crippen LogP) is 3.50. The molecule has 32 heavy (non-hydrogen) atoms. The van der Waals surface area contributed by atoms with Crippen LogP contribution in [-0.2, 0) is 6.18 Å². The van der Waals surface area contributed by atoms with Gasteiger partial charge in [0.25, 0.3) is 5.91 Å². The van der Waals surface area contributed by atoms with Crippen molar-refractivity contribution in [3.63, 3.8) is 0 Å². The molecule has 8 nitrogen and oxygen atoms in total. The van der Waals surface area contributed by atoms with E-state index in [-0.39, 0.29) is 5.69 Å². The highest BCUT2D eigenvalue weighted by Crippen LogP contribution is 2.33. The Morgan fingerprint density at radius 1 is 1.09 bits per heavy atom. The zero-order valence-corrected chi connectivity index (χ0v) is 16.5. The lowest BCUT2D eigenvalue weighted by atomic mass is 10.1. The van der Waals surface area contributed by atoms with Crippen LogP contribution in [-0.4, -0.2) is 35.7 Å². The molecule has 12 heteroatoms. The lowest BCUT2D eigenvalue weighted by Gasteiger charge is -2.15. The molecule has 2 aromatic carbocycles. The first-order chi connectivity index (χ1) is 15.2. The first-order valence-electron chi connectivity index (χ1n) is 9.28. The molecule has 0 aliphatic rings. The maximum absolute atomic E-state index is 13.7. The van der Waals surface area contributed by atoms with Gasteiger partial charge < -0.3 is 5.32 Å². The van der Waals surface area contributed by atoms with Crippen LogP contribution >= 0.6 is 0 Å². The molecule has 0 fully saturated rings. The molecule has 0 spiro atoms. The topological polar surface area (TPSA) is 90.5 Å². The van der Waals surface area contributed by atoms with E-state index in [0.717, 1.165) is 17.8 Å². The summed E-state index contributed by atoms with van der Waals surface area (Å²) in [6, 6.07) is 10.6. The van der Waals surface area contributed by atoms with Crippen molar-refractivity contribution >= 4 is 5.91 Å². The van der Waals surface area contributed by atoms with Gasteiger partial charge in [-0.25, -0.2) is 18.7 Å². The molecule has 1 atom stereocenters. The first kappa shape index (κ1) is 21.2. The Balaban J connectivity index is 1.59. The Kier molecular flexibility index (Phi) is 5.43. The van der Waals surface area contributed by atoms with Gasteiger partial charge in [-0.15, -0.1) is 5.10 Å². The Bertz CT molecular complexity index is 1230. The minimum atomic E-state index is -4.95. The number of nitrogens with zero attached hydrogens (tertiary/aromatic N) is 6. The summed E-state index contributed by atoms with van der Waals surface area (Å²) >= 11 is 0. The second-order valence-electron chi connectivity index (χ2n) is 6.80. The summed E-state index contributed by atoms with van der Waals surface area (Å²) in [5.74, 6) is -1.81. The van der Waals surface area contributed by atoms with E-state index in [4.69, 9.17) is 0 Å². The van der Waals surface area contributed by atoms with Gasteiger partial charge in [-0.2, -0.15) is 18.3 Å². The molecule has 0 saturated carbocycles. The number of carbonyl (C=O) groups excluding carboxylic acids is 1. The Labute approximate surface area is 178 Å². The van der Waals surface area contributed by atoms with E-state index in [1.54, 1.807) is 31.2 Å². The molecule has 0 aliphatic heterocycles. The van der Waals surface area contributed by atoms with E-state index in [0.29, 0.717) is 10.2 Å².